The summed E-state index contributed by atoms with van der Waals surface area (Å²) in [6.07, 6.45) is 0.336. The van der Waals surface area contributed by atoms with E-state index < -0.39 is 0 Å². The summed E-state index contributed by atoms with van der Waals surface area (Å²) in [5.74, 6) is 1.42. The highest BCUT2D eigenvalue weighted by molar-refractivity contribution is 5.76. The SMILES string of the molecule is COc1ccccc1OCCC(=O)N(Cc1ccccc1)C(C)C. The van der Waals surface area contributed by atoms with E-state index in [1.54, 1.807) is 7.11 Å². The van der Waals surface area contributed by atoms with Crippen molar-refractivity contribution in [3.8, 4) is 11.5 Å². The molecule has 0 atom stereocenters. The first-order chi connectivity index (χ1) is 11.6. The number of amides is 1. The summed E-state index contributed by atoms with van der Waals surface area (Å²) >= 11 is 0. The standard InChI is InChI=1S/C20H25NO3/c1-16(2)21(15-17-9-5-4-6-10-17)20(22)13-14-24-19-12-8-7-11-18(19)23-3/h4-12,16H,13-15H2,1-3H3. The second-order valence-electron chi connectivity index (χ2n) is 5.85. The van der Waals surface area contributed by atoms with Crippen LogP contribution >= 0.6 is 0 Å². The van der Waals surface area contributed by atoms with E-state index in [4.69, 9.17) is 9.47 Å². The molecule has 0 saturated carbocycles. The van der Waals surface area contributed by atoms with Crippen LogP contribution in [0.2, 0.25) is 0 Å². The third-order valence-corrected chi connectivity index (χ3v) is 3.78. The molecule has 0 aliphatic rings. The predicted octanol–water partition coefficient (Wildman–Crippen LogP) is 3.90. The van der Waals surface area contributed by atoms with Crippen molar-refractivity contribution in [2.24, 2.45) is 0 Å². The van der Waals surface area contributed by atoms with Crippen molar-refractivity contribution in [3.63, 3.8) is 0 Å². The van der Waals surface area contributed by atoms with Gasteiger partial charge in [-0.25, -0.2) is 0 Å². The molecule has 0 fully saturated rings. The first-order valence-electron chi connectivity index (χ1n) is 8.21. The van der Waals surface area contributed by atoms with Crippen LogP contribution in [-0.4, -0.2) is 30.6 Å². The predicted molar refractivity (Wildman–Crippen MR) is 95.2 cm³/mol. The molecule has 2 rings (SSSR count). The Morgan fingerprint density at radius 3 is 2.25 bits per heavy atom. The Morgan fingerprint density at radius 2 is 1.62 bits per heavy atom. The fraction of sp³-hybridized carbons (Fsp3) is 0.350. The molecule has 0 aliphatic carbocycles. The van der Waals surface area contributed by atoms with Gasteiger partial charge in [0.15, 0.2) is 11.5 Å². The number of carbonyl (C=O) groups is 1. The van der Waals surface area contributed by atoms with E-state index in [1.807, 2.05) is 73.3 Å². The highest BCUT2D eigenvalue weighted by Gasteiger charge is 2.17. The van der Waals surface area contributed by atoms with Gasteiger partial charge in [0, 0.05) is 12.6 Å². The molecule has 128 valence electrons. The molecule has 0 aliphatic heterocycles. The zero-order chi connectivity index (χ0) is 17.4. The summed E-state index contributed by atoms with van der Waals surface area (Å²) in [6.45, 7) is 5.01. The Kier molecular flexibility index (Phi) is 6.67. The molecule has 1 amide bonds. The van der Waals surface area contributed by atoms with Gasteiger partial charge in [-0.15, -0.1) is 0 Å². The first-order valence-corrected chi connectivity index (χ1v) is 8.21. The number of methoxy groups -OCH3 is 1. The average molecular weight is 327 g/mol. The van der Waals surface area contributed by atoms with E-state index >= 15 is 0 Å². The maximum atomic E-state index is 12.5. The van der Waals surface area contributed by atoms with E-state index in [2.05, 4.69) is 0 Å². The monoisotopic (exact) mass is 327 g/mol. The number of benzene rings is 2. The summed E-state index contributed by atoms with van der Waals surface area (Å²) in [5.41, 5.74) is 1.13. The number of hydrogen-bond donors (Lipinski definition) is 0. The van der Waals surface area contributed by atoms with Crippen molar-refractivity contribution in [1.82, 2.24) is 4.90 Å². The molecule has 0 unspecified atom stereocenters. The van der Waals surface area contributed by atoms with E-state index in [9.17, 15) is 4.79 Å². The van der Waals surface area contributed by atoms with Crippen LogP contribution in [0.3, 0.4) is 0 Å². The Morgan fingerprint density at radius 1 is 1.00 bits per heavy atom. The molecule has 2 aromatic rings. The average Bonchev–Trinajstić information content (AvgIpc) is 2.60. The minimum atomic E-state index is 0.0868. The summed E-state index contributed by atoms with van der Waals surface area (Å²) in [5, 5.41) is 0. The Bertz CT molecular complexity index is 640. The van der Waals surface area contributed by atoms with Crippen LogP contribution in [0.5, 0.6) is 11.5 Å². The smallest absolute Gasteiger partial charge is 0.226 e. The molecule has 2 aromatic carbocycles. The third-order valence-electron chi connectivity index (χ3n) is 3.78. The summed E-state index contributed by atoms with van der Waals surface area (Å²) in [6, 6.07) is 17.6. The van der Waals surface area contributed by atoms with Gasteiger partial charge in [-0.3, -0.25) is 4.79 Å². The van der Waals surface area contributed by atoms with Crippen molar-refractivity contribution < 1.29 is 14.3 Å². The van der Waals surface area contributed by atoms with Gasteiger partial charge >= 0.3 is 0 Å². The van der Waals surface area contributed by atoms with Gasteiger partial charge in [0.25, 0.3) is 0 Å². The van der Waals surface area contributed by atoms with Gasteiger partial charge in [0.05, 0.1) is 20.1 Å². The lowest BCUT2D eigenvalue weighted by atomic mass is 10.2. The lowest BCUT2D eigenvalue weighted by Crippen LogP contribution is -2.37. The van der Waals surface area contributed by atoms with Crippen molar-refractivity contribution in [3.05, 3.63) is 60.2 Å². The van der Waals surface area contributed by atoms with Gasteiger partial charge < -0.3 is 14.4 Å². The van der Waals surface area contributed by atoms with Crippen LogP contribution in [0.25, 0.3) is 0 Å². The van der Waals surface area contributed by atoms with Crippen molar-refractivity contribution in [1.29, 1.82) is 0 Å². The molecular weight excluding hydrogens is 302 g/mol. The zero-order valence-corrected chi connectivity index (χ0v) is 14.6. The molecule has 0 N–H and O–H groups in total. The summed E-state index contributed by atoms with van der Waals surface area (Å²) in [7, 11) is 1.60. The lowest BCUT2D eigenvalue weighted by Gasteiger charge is -2.27. The van der Waals surface area contributed by atoms with E-state index in [0.29, 0.717) is 31.1 Å². The van der Waals surface area contributed by atoms with Crippen LogP contribution in [0.1, 0.15) is 25.8 Å². The van der Waals surface area contributed by atoms with Crippen LogP contribution in [0.4, 0.5) is 0 Å². The molecule has 0 bridgehead atoms. The second-order valence-corrected chi connectivity index (χ2v) is 5.85. The molecular formula is C20H25NO3. The van der Waals surface area contributed by atoms with Gasteiger partial charge in [-0.1, -0.05) is 42.5 Å². The minimum absolute atomic E-state index is 0.0868. The van der Waals surface area contributed by atoms with Crippen LogP contribution in [0, 0.1) is 0 Å². The van der Waals surface area contributed by atoms with Crippen molar-refractivity contribution in [2.75, 3.05) is 13.7 Å². The molecule has 0 spiro atoms. The van der Waals surface area contributed by atoms with E-state index in [-0.39, 0.29) is 11.9 Å². The fourth-order valence-corrected chi connectivity index (χ4v) is 2.47. The number of ether oxygens (including phenoxy) is 2. The number of rotatable bonds is 8. The molecule has 0 heterocycles. The Hall–Kier alpha value is -2.49. The number of carbonyl (C=O) groups excluding carboxylic acids is 1. The third kappa shape index (κ3) is 5.01. The topological polar surface area (TPSA) is 38.8 Å². The van der Waals surface area contributed by atoms with E-state index in [1.165, 1.54) is 0 Å². The van der Waals surface area contributed by atoms with Gasteiger partial charge in [-0.2, -0.15) is 0 Å². The van der Waals surface area contributed by atoms with Gasteiger partial charge in [-0.05, 0) is 31.5 Å². The summed E-state index contributed by atoms with van der Waals surface area (Å²) in [4.78, 5) is 14.4. The Balaban J connectivity index is 1.91. The molecule has 4 heteroatoms. The molecule has 0 radical (unpaired) electrons. The molecule has 0 aromatic heterocycles. The molecule has 4 nitrogen and oxygen atoms in total. The largest absolute Gasteiger partial charge is 0.493 e. The van der Waals surface area contributed by atoms with Gasteiger partial charge in [0.2, 0.25) is 5.91 Å². The maximum absolute atomic E-state index is 12.5. The van der Waals surface area contributed by atoms with Crippen LogP contribution in [-0.2, 0) is 11.3 Å². The van der Waals surface area contributed by atoms with Gasteiger partial charge in [0.1, 0.15) is 0 Å². The normalized spacial score (nSPS) is 10.5. The number of nitrogens with zero attached hydrogens (tertiary/aromatic N) is 1. The van der Waals surface area contributed by atoms with E-state index in [0.717, 1.165) is 5.56 Å². The maximum Gasteiger partial charge on any atom is 0.226 e. The minimum Gasteiger partial charge on any atom is -0.493 e. The van der Waals surface area contributed by atoms with Crippen LogP contribution < -0.4 is 9.47 Å². The number of hydrogen-bond acceptors (Lipinski definition) is 3. The quantitative estimate of drug-likeness (QED) is 0.738. The lowest BCUT2D eigenvalue weighted by molar-refractivity contribution is -0.134. The highest BCUT2D eigenvalue weighted by Crippen LogP contribution is 2.25. The number of para-hydroxylation sites is 2. The fourth-order valence-electron chi connectivity index (χ4n) is 2.47. The first kappa shape index (κ1) is 17.9. The van der Waals surface area contributed by atoms with Crippen LogP contribution in [0.15, 0.2) is 54.6 Å². The second kappa shape index (κ2) is 8.96. The van der Waals surface area contributed by atoms with Crippen molar-refractivity contribution in [2.45, 2.75) is 32.9 Å². The molecule has 0 saturated heterocycles. The highest BCUT2D eigenvalue weighted by atomic mass is 16.5. The Labute approximate surface area is 144 Å². The van der Waals surface area contributed by atoms with Crippen molar-refractivity contribution >= 4 is 5.91 Å². The zero-order valence-electron chi connectivity index (χ0n) is 14.6. The summed E-state index contributed by atoms with van der Waals surface area (Å²) < 4.78 is 11.0. The molecule has 24 heavy (non-hydrogen) atoms.